The molecule has 4 rings (SSSR count). The first-order chi connectivity index (χ1) is 11.6. The molecule has 0 bridgehead atoms. The Labute approximate surface area is 143 Å². The van der Waals surface area contributed by atoms with E-state index in [1.807, 2.05) is 30.5 Å². The van der Waals surface area contributed by atoms with Gasteiger partial charge in [0, 0.05) is 16.6 Å². The Hall–Kier alpha value is -2.60. The lowest BCUT2D eigenvalue weighted by Gasteiger charge is -2.19. The number of aromatic nitrogens is 2. The van der Waals surface area contributed by atoms with Gasteiger partial charge >= 0.3 is 0 Å². The second-order valence-electron chi connectivity index (χ2n) is 5.73. The molecule has 24 heavy (non-hydrogen) atoms. The number of rotatable bonds is 2. The summed E-state index contributed by atoms with van der Waals surface area (Å²) < 4.78 is 13.0. The standard InChI is InChI=1S/C18H16N2O3S/c1-10-8-20-15(11(2)19-18(20)24-10)6-12-9-23-16-5-4-13(22-3)7-14(16)17(12)21/h4-8H,9H2,1-3H3. The molecular weight excluding hydrogens is 324 g/mol. The first kappa shape index (κ1) is 15.0. The molecule has 122 valence electrons. The first-order valence-corrected chi connectivity index (χ1v) is 8.39. The summed E-state index contributed by atoms with van der Waals surface area (Å²) in [5.74, 6) is 1.21. The highest BCUT2D eigenvalue weighted by molar-refractivity contribution is 7.17. The van der Waals surface area contributed by atoms with Gasteiger partial charge in [0.2, 0.25) is 0 Å². The second-order valence-corrected chi connectivity index (χ2v) is 6.94. The number of carbonyl (C=O) groups is 1. The number of aryl methyl sites for hydroxylation is 2. The molecule has 0 amide bonds. The summed E-state index contributed by atoms with van der Waals surface area (Å²) in [4.78, 5) is 19.5. The molecule has 3 heterocycles. The SMILES string of the molecule is COc1ccc2c(c1)C(=O)C(=Cc1c(C)nc3sc(C)cn13)CO2. The van der Waals surface area contributed by atoms with Crippen molar-refractivity contribution in [3.8, 4) is 11.5 Å². The minimum Gasteiger partial charge on any atom is -0.497 e. The Kier molecular flexibility index (Phi) is 3.42. The van der Waals surface area contributed by atoms with Gasteiger partial charge in [-0.05, 0) is 38.1 Å². The maximum Gasteiger partial charge on any atom is 0.196 e. The van der Waals surface area contributed by atoms with Crippen molar-refractivity contribution < 1.29 is 14.3 Å². The van der Waals surface area contributed by atoms with Crippen LogP contribution in [0.2, 0.25) is 0 Å². The van der Waals surface area contributed by atoms with Crippen LogP contribution in [-0.2, 0) is 0 Å². The summed E-state index contributed by atoms with van der Waals surface area (Å²) in [7, 11) is 1.58. The summed E-state index contributed by atoms with van der Waals surface area (Å²) in [5.41, 5.74) is 2.97. The third-order valence-corrected chi connectivity index (χ3v) is 4.98. The van der Waals surface area contributed by atoms with Gasteiger partial charge in [-0.15, -0.1) is 11.3 Å². The molecule has 1 aromatic carbocycles. The Bertz CT molecular complexity index is 997. The number of Topliss-reactive ketones (excluding diaryl/α,β-unsaturated/α-hetero) is 1. The Balaban J connectivity index is 1.80. The molecule has 0 saturated carbocycles. The average molecular weight is 340 g/mol. The molecule has 0 spiro atoms. The van der Waals surface area contributed by atoms with E-state index in [0.29, 0.717) is 22.6 Å². The predicted octanol–water partition coefficient (Wildman–Crippen LogP) is 3.68. The minimum absolute atomic E-state index is 0.0311. The maximum atomic E-state index is 12.8. The topological polar surface area (TPSA) is 52.8 Å². The van der Waals surface area contributed by atoms with E-state index in [-0.39, 0.29) is 12.4 Å². The number of methoxy groups -OCH3 is 1. The second kappa shape index (κ2) is 5.49. The lowest BCUT2D eigenvalue weighted by molar-refractivity contribution is 0.100. The highest BCUT2D eigenvalue weighted by Crippen LogP contribution is 2.32. The van der Waals surface area contributed by atoms with Crippen LogP contribution in [-0.4, -0.2) is 28.9 Å². The van der Waals surface area contributed by atoms with Crippen molar-refractivity contribution in [2.24, 2.45) is 0 Å². The molecule has 5 nitrogen and oxygen atoms in total. The van der Waals surface area contributed by atoms with Crippen LogP contribution in [0.5, 0.6) is 11.5 Å². The van der Waals surface area contributed by atoms with Crippen LogP contribution < -0.4 is 9.47 Å². The highest BCUT2D eigenvalue weighted by Gasteiger charge is 2.25. The van der Waals surface area contributed by atoms with Crippen molar-refractivity contribution in [2.45, 2.75) is 13.8 Å². The molecule has 1 aliphatic rings. The Morgan fingerprint density at radius 2 is 2.21 bits per heavy atom. The zero-order chi connectivity index (χ0) is 16.8. The van der Waals surface area contributed by atoms with Crippen molar-refractivity contribution in [1.82, 2.24) is 9.38 Å². The number of hydrogen-bond acceptors (Lipinski definition) is 5. The average Bonchev–Trinajstić information content (AvgIpc) is 3.06. The maximum absolute atomic E-state index is 12.8. The number of hydrogen-bond donors (Lipinski definition) is 0. The molecule has 0 atom stereocenters. The monoisotopic (exact) mass is 340 g/mol. The molecule has 0 fully saturated rings. The summed E-state index contributed by atoms with van der Waals surface area (Å²) in [5, 5.41) is 0. The van der Waals surface area contributed by atoms with Gasteiger partial charge < -0.3 is 9.47 Å². The van der Waals surface area contributed by atoms with E-state index in [4.69, 9.17) is 9.47 Å². The van der Waals surface area contributed by atoms with E-state index in [2.05, 4.69) is 4.98 Å². The number of nitrogens with zero attached hydrogens (tertiary/aromatic N) is 2. The lowest BCUT2D eigenvalue weighted by Crippen LogP contribution is -2.19. The number of benzene rings is 1. The van der Waals surface area contributed by atoms with Crippen LogP contribution in [0.25, 0.3) is 11.0 Å². The van der Waals surface area contributed by atoms with E-state index < -0.39 is 0 Å². The zero-order valence-electron chi connectivity index (χ0n) is 13.6. The first-order valence-electron chi connectivity index (χ1n) is 7.58. The number of ketones is 1. The van der Waals surface area contributed by atoms with Crippen LogP contribution in [0.1, 0.15) is 26.6 Å². The van der Waals surface area contributed by atoms with Gasteiger partial charge in [-0.25, -0.2) is 4.98 Å². The van der Waals surface area contributed by atoms with E-state index >= 15 is 0 Å². The van der Waals surface area contributed by atoms with Crippen molar-refractivity contribution >= 4 is 28.2 Å². The van der Waals surface area contributed by atoms with Gasteiger partial charge in [0.15, 0.2) is 10.7 Å². The van der Waals surface area contributed by atoms with E-state index in [0.717, 1.165) is 16.3 Å². The van der Waals surface area contributed by atoms with Gasteiger partial charge in [0.25, 0.3) is 0 Å². The number of carbonyl (C=O) groups excluding carboxylic acids is 1. The van der Waals surface area contributed by atoms with E-state index in [9.17, 15) is 4.79 Å². The van der Waals surface area contributed by atoms with Crippen molar-refractivity contribution in [3.63, 3.8) is 0 Å². The summed E-state index contributed by atoms with van der Waals surface area (Å²) >= 11 is 1.63. The number of thiazole rings is 1. The number of imidazole rings is 1. The van der Waals surface area contributed by atoms with Gasteiger partial charge in [-0.2, -0.15) is 0 Å². The Morgan fingerprint density at radius 1 is 1.38 bits per heavy atom. The van der Waals surface area contributed by atoms with Crippen LogP contribution in [0, 0.1) is 13.8 Å². The smallest absolute Gasteiger partial charge is 0.196 e. The number of fused-ring (bicyclic) bond motifs is 2. The summed E-state index contributed by atoms with van der Waals surface area (Å²) in [6.07, 6.45) is 3.92. The fourth-order valence-electron chi connectivity index (χ4n) is 2.86. The van der Waals surface area contributed by atoms with Crippen LogP contribution in [0.3, 0.4) is 0 Å². The quantitative estimate of drug-likeness (QED) is 0.668. The highest BCUT2D eigenvalue weighted by atomic mass is 32.1. The molecule has 0 aliphatic carbocycles. The lowest BCUT2D eigenvalue weighted by atomic mass is 9.99. The third kappa shape index (κ3) is 2.30. The fourth-order valence-corrected chi connectivity index (χ4v) is 3.74. The van der Waals surface area contributed by atoms with Crippen molar-refractivity contribution in [1.29, 1.82) is 0 Å². The molecule has 6 heteroatoms. The normalized spacial score (nSPS) is 15.6. The molecule has 0 saturated heterocycles. The Morgan fingerprint density at radius 3 is 3.00 bits per heavy atom. The third-order valence-electron chi connectivity index (χ3n) is 4.08. The molecule has 1 aliphatic heterocycles. The van der Waals surface area contributed by atoms with Gasteiger partial charge in [-0.1, -0.05) is 0 Å². The molecule has 3 aromatic rings. The van der Waals surface area contributed by atoms with Crippen LogP contribution >= 0.6 is 11.3 Å². The van der Waals surface area contributed by atoms with Gasteiger partial charge in [0.1, 0.15) is 18.1 Å². The zero-order valence-corrected chi connectivity index (χ0v) is 14.4. The molecule has 0 unspecified atom stereocenters. The number of ether oxygens (including phenoxy) is 2. The molecular formula is C18H16N2O3S. The van der Waals surface area contributed by atoms with Gasteiger partial charge in [0.05, 0.1) is 24.1 Å². The van der Waals surface area contributed by atoms with Gasteiger partial charge in [-0.3, -0.25) is 9.20 Å². The summed E-state index contributed by atoms with van der Waals surface area (Å²) in [6, 6.07) is 5.28. The van der Waals surface area contributed by atoms with Crippen LogP contribution in [0.15, 0.2) is 30.0 Å². The van der Waals surface area contributed by atoms with Crippen molar-refractivity contribution in [2.75, 3.05) is 13.7 Å². The van der Waals surface area contributed by atoms with E-state index in [1.165, 1.54) is 4.88 Å². The largest absolute Gasteiger partial charge is 0.497 e. The molecule has 0 radical (unpaired) electrons. The molecule has 2 aromatic heterocycles. The van der Waals surface area contributed by atoms with E-state index in [1.54, 1.807) is 36.6 Å². The minimum atomic E-state index is -0.0311. The van der Waals surface area contributed by atoms with Crippen LogP contribution in [0.4, 0.5) is 0 Å². The summed E-state index contributed by atoms with van der Waals surface area (Å²) in [6.45, 7) is 4.25. The molecule has 0 N–H and O–H groups in total. The predicted molar refractivity (Wildman–Crippen MR) is 93.3 cm³/mol. The fraction of sp³-hybridized carbons (Fsp3) is 0.222. The van der Waals surface area contributed by atoms with Crippen molar-refractivity contribution in [3.05, 3.63) is 51.8 Å².